The summed E-state index contributed by atoms with van der Waals surface area (Å²) in [4.78, 5) is 12.6. The zero-order chi connectivity index (χ0) is 12.3. The van der Waals surface area contributed by atoms with E-state index in [1.165, 1.54) is 0 Å². The van der Waals surface area contributed by atoms with Crippen LogP contribution in [0.2, 0.25) is 0 Å². The average molecular weight is 232 g/mol. The summed E-state index contributed by atoms with van der Waals surface area (Å²) in [5.74, 6) is 0.750. The molecular weight excluding hydrogens is 216 g/mol. The molecule has 17 heavy (non-hydrogen) atoms. The molecule has 2 aromatic heterocycles. The molecule has 5 nitrogen and oxygen atoms in total. The number of hydrogen-bond donors (Lipinski definition) is 2. The molecule has 2 rings (SSSR count). The van der Waals surface area contributed by atoms with Crippen LogP contribution in [-0.4, -0.2) is 33.2 Å². The summed E-state index contributed by atoms with van der Waals surface area (Å²) in [6.07, 6.45) is 3.27. The molecule has 0 bridgehead atoms. The quantitative estimate of drug-likeness (QED) is 0.835. The Morgan fingerprint density at radius 1 is 1.24 bits per heavy atom. The van der Waals surface area contributed by atoms with Crippen molar-refractivity contribution in [1.29, 1.82) is 0 Å². The van der Waals surface area contributed by atoms with Crippen LogP contribution in [0.5, 0.6) is 0 Å². The van der Waals surface area contributed by atoms with Crippen molar-refractivity contribution < 1.29 is 5.11 Å². The SMILES string of the molecule is CC(C)(CO)CNc1ccc2nccnc2n1. The van der Waals surface area contributed by atoms with Gasteiger partial charge in [0.15, 0.2) is 5.65 Å². The third kappa shape index (κ3) is 2.88. The van der Waals surface area contributed by atoms with Gasteiger partial charge in [-0.3, -0.25) is 4.98 Å². The van der Waals surface area contributed by atoms with Crippen LogP contribution in [0.3, 0.4) is 0 Å². The van der Waals surface area contributed by atoms with Crippen molar-refractivity contribution in [2.45, 2.75) is 13.8 Å². The first-order valence-corrected chi connectivity index (χ1v) is 5.53. The van der Waals surface area contributed by atoms with E-state index in [2.05, 4.69) is 20.3 Å². The molecule has 90 valence electrons. The Labute approximate surface area is 99.9 Å². The van der Waals surface area contributed by atoms with Gasteiger partial charge in [0.1, 0.15) is 11.3 Å². The van der Waals surface area contributed by atoms with Crippen LogP contribution in [0.15, 0.2) is 24.5 Å². The van der Waals surface area contributed by atoms with Crippen LogP contribution in [0.4, 0.5) is 5.82 Å². The summed E-state index contributed by atoms with van der Waals surface area (Å²) in [6.45, 7) is 4.76. The van der Waals surface area contributed by atoms with Crippen LogP contribution in [0.1, 0.15) is 13.8 Å². The fourth-order valence-electron chi connectivity index (χ4n) is 1.34. The van der Waals surface area contributed by atoms with E-state index in [1.807, 2.05) is 26.0 Å². The summed E-state index contributed by atoms with van der Waals surface area (Å²) in [7, 11) is 0. The highest BCUT2D eigenvalue weighted by Crippen LogP contribution is 2.16. The van der Waals surface area contributed by atoms with E-state index in [9.17, 15) is 0 Å². The zero-order valence-corrected chi connectivity index (χ0v) is 10.0. The van der Waals surface area contributed by atoms with E-state index in [4.69, 9.17) is 5.11 Å². The standard InChI is InChI=1S/C12H16N4O/c1-12(2,8-17)7-15-10-4-3-9-11(16-10)14-6-5-13-9/h3-6,17H,7-8H2,1-2H3,(H,14,15,16). The van der Waals surface area contributed by atoms with Gasteiger partial charge in [-0.1, -0.05) is 13.8 Å². The van der Waals surface area contributed by atoms with E-state index in [1.54, 1.807) is 12.4 Å². The smallest absolute Gasteiger partial charge is 0.180 e. The third-order valence-electron chi connectivity index (χ3n) is 2.51. The minimum absolute atomic E-state index is 0.132. The average Bonchev–Trinajstić information content (AvgIpc) is 2.36. The lowest BCUT2D eigenvalue weighted by Gasteiger charge is -2.22. The molecule has 2 N–H and O–H groups in total. The largest absolute Gasteiger partial charge is 0.396 e. The molecule has 0 radical (unpaired) electrons. The second kappa shape index (κ2) is 4.63. The van der Waals surface area contributed by atoms with Crippen molar-refractivity contribution in [3.8, 4) is 0 Å². The van der Waals surface area contributed by atoms with Crippen molar-refractivity contribution in [3.05, 3.63) is 24.5 Å². The molecule has 0 spiro atoms. The van der Waals surface area contributed by atoms with Gasteiger partial charge in [-0.2, -0.15) is 0 Å². The molecule has 0 saturated heterocycles. The molecule has 0 amide bonds. The second-order valence-corrected chi connectivity index (χ2v) is 4.77. The summed E-state index contributed by atoms with van der Waals surface area (Å²) in [5, 5.41) is 12.4. The third-order valence-corrected chi connectivity index (χ3v) is 2.51. The molecule has 2 heterocycles. The Balaban J connectivity index is 2.14. The normalized spacial score (nSPS) is 11.7. The van der Waals surface area contributed by atoms with Crippen molar-refractivity contribution in [2.24, 2.45) is 5.41 Å². The summed E-state index contributed by atoms with van der Waals surface area (Å²) in [6, 6.07) is 3.74. The van der Waals surface area contributed by atoms with Crippen LogP contribution in [-0.2, 0) is 0 Å². The number of pyridine rings is 1. The first kappa shape index (κ1) is 11.7. The first-order chi connectivity index (χ1) is 8.11. The van der Waals surface area contributed by atoms with Crippen LogP contribution < -0.4 is 5.32 Å². The number of fused-ring (bicyclic) bond motifs is 1. The molecule has 2 aromatic rings. The molecule has 0 aliphatic rings. The number of anilines is 1. The van der Waals surface area contributed by atoms with Gasteiger partial charge in [-0.15, -0.1) is 0 Å². The van der Waals surface area contributed by atoms with Gasteiger partial charge in [-0.05, 0) is 12.1 Å². The van der Waals surface area contributed by atoms with Crippen molar-refractivity contribution >= 4 is 17.0 Å². The van der Waals surface area contributed by atoms with Gasteiger partial charge < -0.3 is 10.4 Å². The van der Waals surface area contributed by atoms with Crippen LogP contribution in [0, 0.1) is 5.41 Å². The van der Waals surface area contributed by atoms with Crippen LogP contribution in [0.25, 0.3) is 11.2 Å². The van der Waals surface area contributed by atoms with E-state index >= 15 is 0 Å². The topological polar surface area (TPSA) is 70.9 Å². The first-order valence-electron chi connectivity index (χ1n) is 5.53. The highest BCUT2D eigenvalue weighted by atomic mass is 16.3. The van der Waals surface area contributed by atoms with Gasteiger partial charge in [0.05, 0.1) is 0 Å². The Bertz CT molecular complexity index is 513. The van der Waals surface area contributed by atoms with E-state index in [-0.39, 0.29) is 12.0 Å². The molecule has 5 heteroatoms. The molecule has 0 fully saturated rings. The van der Waals surface area contributed by atoms with Gasteiger partial charge in [0.25, 0.3) is 0 Å². The molecular formula is C12H16N4O. The van der Waals surface area contributed by atoms with Crippen molar-refractivity contribution in [3.63, 3.8) is 0 Å². The Kier molecular flexibility index (Phi) is 3.19. The van der Waals surface area contributed by atoms with Gasteiger partial charge in [0.2, 0.25) is 0 Å². The molecule has 0 unspecified atom stereocenters. The molecule has 0 aromatic carbocycles. The molecule has 0 aliphatic heterocycles. The number of aliphatic hydroxyl groups is 1. The van der Waals surface area contributed by atoms with Crippen molar-refractivity contribution in [2.75, 3.05) is 18.5 Å². The predicted molar refractivity (Wildman–Crippen MR) is 66.7 cm³/mol. The molecule has 0 saturated carbocycles. The lowest BCUT2D eigenvalue weighted by Crippen LogP contribution is -2.27. The maximum Gasteiger partial charge on any atom is 0.180 e. The fraction of sp³-hybridized carbons (Fsp3) is 0.417. The maximum atomic E-state index is 9.16. The number of nitrogens with one attached hydrogen (secondary N) is 1. The van der Waals surface area contributed by atoms with Gasteiger partial charge >= 0.3 is 0 Å². The summed E-state index contributed by atoms with van der Waals surface area (Å²) >= 11 is 0. The Morgan fingerprint density at radius 3 is 2.76 bits per heavy atom. The molecule has 0 aliphatic carbocycles. The highest BCUT2D eigenvalue weighted by molar-refractivity contribution is 5.71. The zero-order valence-electron chi connectivity index (χ0n) is 10.0. The lowest BCUT2D eigenvalue weighted by atomic mass is 9.95. The molecule has 0 atom stereocenters. The monoisotopic (exact) mass is 232 g/mol. The fourth-order valence-corrected chi connectivity index (χ4v) is 1.34. The van der Waals surface area contributed by atoms with E-state index < -0.39 is 0 Å². The maximum absolute atomic E-state index is 9.16. The van der Waals surface area contributed by atoms with Gasteiger partial charge in [-0.25, -0.2) is 9.97 Å². The Hall–Kier alpha value is -1.75. The predicted octanol–water partition coefficient (Wildman–Crippen LogP) is 1.46. The minimum Gasteiger partial charge on any atom is -0.396 e. The number of aliphatic hydroxyl groups excluding tert-OH is 1. The van der Waals surface area contributed by atoms with E-state index in [0.717, 1.165) is 11.3 Å². The summed E-state index contributed by atoms with van der Waals surface area (Å²) < 4.78 is 0. The second-order valence-electron chi connectivity index (χ2n) is 4.77. The Morgan fingerprint density at radius 2 is 2.00 bits per heavy atom. The number of rotatable bonds is 4. The van der Waals surface area contributed by atoms with Gasteiger partial charge in [0, 0.05) is 31.0 Å². The van der Waals surface area contributed by atoms with Crippen molar-refractivity contribution in [1.82, 2.24) is 15.0 Å². The number of hydrogen-bond acceptors (Lipinski definition) is 5. The number of nitrogens with zero attached hydrogens (tertiary/aromatic N) is 3. The van der Waals surface area contributed by atoms with E-state index in [0.29, 0.717) is 12.2 Å². The summed E-state index contributed by atoms with van der Waals surface area (Å²) in [5.41, 5.74) is 1.23. The number of aromatic nitrogens is 3. The minimum atomic E-state index is -0.168. The van der Waals surface area contributed by atoms with Crippen LogP contribution >= 0.6 is 0 Å². The highest BCUT2D eigenvalue weighted by Gasteiger charge is 2.16. The lowest BCUT2D eigenvalue weighted by molar-refractivity contribution is 0.170.